The Bertz CT molecular complexity index is 936. The van der Waals surface area contributed by atoms with Crippen LogP contribution in [0.25, 0.3) is 5.69 Å². The second kappa shape index (κ2) is 7.49. The van der Waals surface area contributed by atoms with Gasteiger partial charge in [-0.15, -0.1) is 0 Å². The van der Waals surface area contributed by atoms with Gasteiger partial charge in [-0.3, -0.25) is 4.79 Å². The van der Waals surface area contributed by atoms with Crippen LogP contribution >= 0.6 is 11.6 Å². The first-order valence-corrected chi connectivity index (χ1v) is 8.26. The molecule has 0 atom stereocenters. The SMILES string of the molecule is COc1cccc(C(=O)Nc2cc(C)nn2-c2ccc(Cl)cc2)c1OC. The summed E-state index contributed by atoms with van der Waals surface area (Å²) in [6, 6.07) is 14.1. The Balaban J connectivity index is 1.95. The van der Waals surface area contributed by atoms with Crippen LogP contribution in [0.2, 0.25) is 5.02 Å². The molecule has 3 rings (SSSR count). The maximum absolute atomic E-state index is 12.8. The number of methoxy groups -OCH3 is 2. The van der Waals surface area contributed by atoms with Crippen LogP contribution in [-0.4, -0.2) is 29.9 Å². The normalized spacial score (nSPS) is 10.5. The van der Waals surface area contributed by atoms with Crippen LogP contribution < -0.4 is 14.8 Å². The average Bonchev–Trinajstić information content (AvgIpc) is 3.01. The van der Waals surface area contributed by atoms with Gasteiger partial charge < -0.3 is 14.8 Å². The predicted molar refractivity (Wildman–Crippen MR) is 101 cm³/mol. The molecule has 3 aromatic rings. The molecule has 1 amide bonds. The second-order valence-corrected chi connectivity index (χ2v) is 5.99. The molecule has 0 aliphatic carbocycles. The zero-order valence-electron chi connectivity index (χ0n) is 14.6. The van der Waals surface area contributed by atoms with Gasteiger partial charge in [-0.1, -0.05) is 17.7 Å². The van der Waals surface area contributed by atoms with Gasteiger partial charge in [-0.2, -0.15) is 5.10 Å². The summed E-state index contributed by atoms with van der Waals surface area (Å²) in [6.07, 6.45) is 0. The number of hydrogen-bond acceptors (Lipinski definition) is 4. The molecule has 2 aromatic carbocycles. The Hall–Kier alpha value is -2.99. The Morgan fingerprint density at radius 1 is 1.12 bits per heavy atom. The molecule has 0 saturated heterocycles. The van der Waals surface area contributed by atoms with E-state index in [4.69, 9.17) is 21.1 Å². The summed E-state index contributed by atoms with van der Waals surface area (Å²) in [5.41, 5.74) is 1.93. The molecule has 0 aliphatic heterocycles. The first-order chi connectivity index (χ1) is 12.5. The fourth-order valence-corrected chi connectivity index (χ4v) is 2.74. The van der Waals surface area contributed by atoms with Gasteiger partial charge in [-0.05, 0) is 43.3 Å². The van der Waals surface area contributed by atoms with Crippen molar-refractivity contribution in [3.05, 3.63) is 64.8 Å². The Kier molecular flexibility index (Phi) is 5.14. The molecule has 0 saturated carbocycles. The number of carbonyl (C=O) groups excluding carboxylic acids is 1. The topological polar surface area (TPSA) is 65.4 Å². The van der Waals surface area contributed by atoms with E-state index in [0.717, 1.165) is 11.4 Å². The molecule has 7 heteroatoms. The largest absolute Gasteiger partial charge is 0.493 e. The summed E-state index contributed by atoms with van der Waals surface area (Å²) >= 11 is 5.95. The summed E-state index contributed by atoms with van der Waals surface area (Å²) in [5.74, 6) is 1.08. The van der Waals surface area contributed by atoms with Gasteiger partial charge in [0.1, 0.15) is 5.82 Å². The minimum Gasteiger partial charge on any atom is -0.493 e. The number of benzene rings is 2. The van der Waals surface area contributed by atoms with E-state index in [1.165, 1.54) is 14.2 Å². The minimum atomic E-state index is -0.323. The van der Waals surface area contributed by atoms with Gasteiger partial charge in [0.2, 0.25) is 0 Å². The van der Waals surface area contributed by atoms with Crippen molar-refractivity contribution in [2.24, 2.45) is 0 Å². The number of anilines is 1. The molecule has 0 spiro atoms. The van der Waals surface area contributed by atoms with Gasteiger partial charge >= 0.3 is 0 Å². The van der Waals surface area contributed by atoms with E-state index in [-0.39, 0.29) is 5.91 Å². The van der Waals surface area contributed by atoms with Crippen LogP contribution in [-0.2, 0) is 0 Å². The van der Waals surface area contributed by atoms with Gasteiger partial charge in [0.25, 0.3) is 5.91 Å². The summed E-state index contributed by atoms with van der Waals surface area (Å²) in [5, 5.41) is 7.95. The van der Waals surface area contributed by atoms with Crippen molar-refractivity contribution < 1.29 is 14.3 Å². The highest BCUT2D eigenvalue weighted by molar-refractivity contribution is 6.30. The van der Waals surface area contributed by atoms with E-state index < -0.39 is 0 Å². The summed E-state index contributed by atoms with van der Waals surface area (Å²) in [7, 11) is 3.02. The van der Waals surface area contributed by atoms with Crippen LogP contribution in [0.1, 0.15) is 16.1 Å². The molecule has 26 heavy (non-hydrogen) atoms. The third-order valence-corrected chi connectivity index (χ3v) is 4.04. The van der Waals surface area contributed by atoms with Crippen molar-refractivity contribution in [2.75, 3.05) is 19.5 Å². The fourth-order valence-electron chi connectivity index (χ4n) is 2.62. The van der Waals surface area contributed by atoms with Gasteiger partial charge in [0.05, 0.1) is 31.2 Å². The lowest BCUT2D eigenvalue weighted by atomic mass is 10.1. The molecule has 1 aromatic heterocycles. The van der Waals surface area contributed by atoms with E-state index in [2.05, 4.69) is 10.4 Å². The van der Waals surface area contributed by atoms with Crippen LogP contribution in [0.4, 0.5) is 5.82 Å². The molecule has 1 N–H and O–H groups in total. The first-order valence-electron chi connectivity index (χ1n) is 7.88. The number of aromatic nitrogens is 2. The van der Waals surface area contributed by atoms with Crippen LogP contribution in [0, 0.1) is 6.92 Å². The van der Waals surface area contributed by atoms with Gasteiger partial charge in [0.15, 0.2) is 11.5 Å². The zero-order chi connectivity index (χ0) is 18.7. The number of hydrogen-bond donors (Lipinski definition) is 1. The van der Waals surface area contributed by atoms with Crippen molar-refractivity contribution in [1.82, 2.24) is 9.78 Å². The molecule has 0 bridgehead atoms. The molecular weight excluding hydrogens is 354 g/mol. The second-order valence-electron chi connectivity index (χ2n) is 5.55. The van der Waals surface area contributed by atoms with Crippen LogP contribution in [0.15, 0.2) is 48.5 Å². The van der Waals surface area contributed by atoms with E-state index in [9.17, 15) is 4.79 Å². The van der Waals surface area contributed by atoms with E-state index in [1.54, 1.807) is 41.1 Å². The minimum absolute atomic E-state index is 0.323. The average molecular weight is 372 g/mol. The molecule has 134 valence electrons. The number of halogens is 1. The third-order valence-electron chi connectivity index (χ3n) is 3.79. The molecular formula is C19H18ClN3O3. The maximum Gasteiger partial charge on any atom is 0.260 e. The molecule has 0 aliphatic rings. The molecule has 0 fully saturated rings. The highest BCUT2D eigenvalue weighted by atomic mass is 35.5. The highest BCUT2D eigenvalue weighted by Crippen LogP contribution is 2.31. The van der Waals surface area contributed by atoms with Gasteiger partial charge in [0, 0.05) is 11.1 Å². The number of carbonyl (C=O) groups is 1. The quantitative estimate of drug-likeness (QED) is 0.733. The fraction of sp³-hybridized carbons (Fsp3) is 0.158. The number of nitrogens with one attached hydrogen (secondary N) is 1. The Labute approximate surface area is 156 Å². The number of rotatable bonds is 5. The maximum atomic E-state index is 12.8. The summed E-state index contributed by atoms with van der Waals surface area (Å²) < 4.78 is 12.2. The zero-order valence-corrected chi connectivity index (χ0v) is 15.4. The number of nitrogens with zero attached hydrogens (tertiary/aromatic N) is 2. The van der Waals surface area contributed by atoms with Crippen molar-refractivity contribution in [3.8, 4) is 17.2 Å². The molecule has 0 radical (unpaired) electrons. The number of ether oxygens (including phenoxy) is 2. The number of amides is 1. The van der Waals surface area contributed by atoms with E-state index in [0.29, 0.717) is 27.9 Å². The van der Waals surface area contributed by atoms with Crippen LogP contribution in [0.5, 0.6) is 11.5 Å². The predicted octanol–water partition coefficient (Wildman–Crippen LogP) is 4.10. The highest BCUT2D eigenvalue weighted by Gasteiger charge is 2.18. The van der Waals surface area contributed by atoms with Crippen molar-refractivity contribution in [2.45, 2.75) is 6.92 Å². The monoisotopic (exact) mass is 371 g/mol. The standard InChI is InChI=1S/C19H18ClN3O3/c1-12-11-17(23(22-12)14-9-7-13(20)8-10-14)21-19(24)15-5-4-6-16(25-2)18(15)26-3/h4-11H,1-3H3,(H,21,24). The van der Waals surface area contributed by atoms with Crippen LogP contribution in [0.3, 0.4) is 0 Å². The number of para-hydroxylation sites is 1. The van der Waals surface area contributed by atoms with E-state index >= 15 is 0 Å². The van der Waals surface area contributed by atoms with E-state index in [1.807, 2.05) is 19.1 Å². The van der Waals surface area contributed by atoms with Crippen molar-refractivity contribution >= 4 is 23.3 Å². The Morgan fingerprint density at radius 3 is 2.50 bits per heavy atom. The lowest BCUT2D eigenvalue weighted by molar-refractivity contribution is 0.102. The lowest BCUT2D eigenvalue weighted by Crippen LogP contribution is -2.16. The summed E-state index contributed by atoms with van der Waals surface area (Å²) in [4.78, 5) is 12.8. The first kappa shape index (κ1) is 17.8. The molecule has 1 heterocycles. The van der Waals surface area contributed by atoms with Crippen molar-refractivity contribution in [1.29, 1.82) is 0 Å². The van der Waals surface area contributed by atoms with Crippen molar-refractivity contribution in [3.63, 3.8) is 0 Å². The number of aryl methyl sites for hydroxylation is 1. The summed E-state index contributed by atoms with van der Waals surface area (Å²) in [6.45, 7) is 1.86. The third kappa shape index (κ3) is 3.50. The lowest BCUT2D eigenvalue weighted by Gasteiger charge is -2.13. The Morgan fingerprint density at radius 2 is 1.85 bits per heavy atom. The molecule has 0 unspecified atom stereocenters. The molecule has 6 nitrogen and oxygen atoms in total. The smallest absolute Gasteiger partial charge is 0.260 e. The van der Waals surface area contributed by atoms with Gasteiger partial charge in [-0.25, -0.2) is 4.68 Å².